The highest BCUT2D eigenvalue weighted by Gasteiger charge is 2.08. The molecule has 0 bridgehead atoms. The van der Waals surface area contributed by atoms with Gasteiger partial charge in [-0.2, -0.15) is 0 Å². The highest BCUT2D eigenvalue weighted by Crippen LogP contribution is 2.18. The Morgan fingerprint density at radius 3 is 2.62 bits per heavy atom. The van der Waals surface area contributed by atoms with Crippen LogP contribution in [0.3, 0.4) is 0 Å². The first-order valence-electron chi connectivity index (χ1n) is 7.88. The van der Waals surface area contributed by atoms with Crippen molar-refractivity contribution < 1.29 is 18.9 Å². The van der Waals surface area contributed by atoms with Gasteiger partial charge in [-0.15, -0.1) is 0 Å². The summed E-state index contributed by atoms with van der Waals surface area (Å²) in [4.78, 5) is 22.4. The van der Waals surface area contributed by atoms with Gasteiger partial charge in [-0.1, -0.05) is 12.1 Å². The Labute approximate surface area is 149 Å². The van der Waals surface area contributed by atoms with E-state index in [9.17, 15) is 14.9 Å². The first kappa shape index (κ1) is 17.2. The van der Waals surface area contributed by atoms with Crippen molar-refractivity contribution in [1.29, 1.82) is 0 Å². The van der Waals surface area contributed by atoms with Crippen LogP contribution in [-0.4, -0.2) is 10.8 Å². The van der Waals surface area contributed by atoms with E-state index in [0.717, 1.165) is 5.56 Å². The smallest absolute Gasteiger partial charge is 0.269 e. The van der Waals surface area contributed by atoms with E-state index in [1.807, 2.05) is 6.07 Å². The van der Waals surface area contributed by atoms with Crippen molar-refractivity contribution in [3.05, 3.63) is 93.9 Å². The number of carbonyl (C=O) groups excluding carboxylic acids is 1. The van der Waals surface area contributed by atoms with Crippen molar-refractivity contribution >= 4 is 11.6 Å². The number of nitro benzene ring substituents is 1. The number of furan rings is 1. The predicted molar refractivity (Wildman–Crippen MR) is 93.7 cm³/mol. The molecule has 1 heterocycles. The number of benzene rings is 2. The van der Waals surface area contributed by atoms with Gasteiger partial charge in [-0.3, -0.25) is 14.9 Å². The zero-order chi connectivity index (χ0) is 18.4. The molecule has 0 saturated heterocycles. The summed E-state index contributed by atoms with van der Waals surface area (Å²) in [6.45, 7) is 0.562. The van der Waals surface area contributed by atoms with Crippen molar-refractivity contribution in [2.45, 2.75) is 13.2 Å². The summed E-state index contributed by atoms with van der Waals surface area (Å²) < 4.78 is 10.8. The maximum Gasteiger partial charge on any atom is 0.269 e. The molecule has 0 aliphatic rings. The number of nitro groups is 1. The third-order valence-electron chi connectivity index (χ3n) is 3.65. The van der Waals surface area contributed by atoms with Crippen LogP contribution >= 0.6 is 0 Å². The van der Waals surface area contributed by atoms with Gasteiger partial charge in [-0.05, 0) is 42.0 Å². The van der Waals surface area contributed by atoms with Gasteiger partial charge in [0.05, 0.1) is 17.7 Å². The zero-order valence-corrected chi connectivity index (χ0v) is 13.8. The van der Waals surface area contributed by atoms with Crippen LogP contribution in [0, 0.1) is 10.1 Å². The lowest BCUT2D eigenvalue weighted by Gasteiger charge is -2.08. The Bertz CT molecular complexity index is 889. The van der Waals surface area contributed by atoms with Crippen molar-refractivity contribution in [2.75, 3.05) is 0 Å². The molecule has 3 rings (SSSR count). The Morgan fingerprint density at radius 2 is 1.92 bits per heavy atom. The number of nitrogens with one attached hydrogen (secondary N) is 1. The summed E-state index contributed by atoms with van der Waals surface area (Å²) in [5.41, 5.74) is 1.34. The first-order valence-corrected chi connectivity index (χ1v) is 7.88. The van der Waals surface area contributed by atoms with Crippen LogP contribution < -0.4 is 10.1 Å². The van der Waals surface area contributed by atoms with Gasteiger partial charge in [0.25, 0.3) is 11.6 Å². The molecule has 2 aromatic carbocycles. The summed E-state index contributed by atoms with van der Waals surface area (Å²) in [5, 5.41) is 13.4. The monoisotopic (exact) mass is 352 g/mol. The van der Waals surface area contributed by atoms with Crippen LogP contribution in [0.15, 0.2) is 71.3 Å². The molecule has 0 aliphatic carbocycles. The molecule has 7 heteroatoms. The molecule has 0 radical (unpaired) electrons. The van der Waals surface area contributed by atoms with Gasteiger partial charge >= 0.3 is 0 Å². The normalized spacial score (nSPS) is 10.3. The number of non-ortho nitro benzene ring substituents is 1. The highest BCUT2D eigenvalue weighted by atomic mass is 16.6. The Kier molecular flexibility index (Phi) is 5.28. The van der Waals surface area contributed by atoms with E-state index in [0.29, 0.717) is 23.6 Å². The number of rotatable bonds is 7. The molecule has 0 atom stereocenters. The Morgan fingerprint density at radius 1 is 1.12 bits per heavy atom. The molecule has 1 N–H and O–H groups in total. The second-order valence-corrected chi connectivity index (χ2v) is 5.50. The molecule has 26 heavy (non-hydrogen) atoms. The zero-order valence-electron chi connectivity index (χ0n) is 13.8. The molecule has 0 unspecified atom stereocenters. The van der Waals surface area contributed by atoms with E-state index in [1.54, 1.807) is 36.6 Å². The lowest BCUT2D eigenvalue weighted by atomic mass is 10.1. The molecule has 1 amide bonds. The SMILES string of the molecule is O=C(NCc1ccco1)c1cccc(COc2ccc([N+](=O)[O-])cc2)c1. The summed E-state index contributed by atoms with van der Waals surface area (Å²) >= 11 is 0. The van der Waals surface area contributed by atoms with E-state index >= 15 is 0 Å². The summed E-state index contributed by atoms with van der Waals surface area (Å²) in [7, 11) is 0. The fraction of sp³-hybridized carbons (Fsp3) is 0.105. The molecular weight excluding hydrogens is 336 g/mol. The maximum absolute atomic E-state index is 12.2. The first-order chi connectivity index (χ1) is 12.6. The van der Waals surface area contributed by atoms with Gasteiger partial charge in [-0.25, -0.2) is 0 Å². The van der Waals surface area contributed by atoms with Crippen LogP contribution in [0.25, 0.3) is 0 Å². The van der Waals surface area contributed by atoms with Gasteiger partial charge in [0.1, 0.15) is 18.1 Å². The van der Waals surface area contributed by atoms with E-state index in [4.69, 9.17) is 9.15 Å². The topological polar surface area (TPSA) is 94.6 Å². The lowest BCUT2D eigenvalue weighted by Crippen LogP contribution is -2.22. The van der Waals surface area contributed by atoms with Crippen molar-refractivity contribution in [1.82, 2.24) is 5.32 Å². The van der Waals surface area contributed by atoms with Gasteiger partial charge < -0.3 is 14.5 Å². The molecule has 0 fully saturated rings. The van der Waals surface area contributed by atoms with E-state index in [1.165, 1.54) is 24.3 Å². The molecule has 7 nitrogen and oxygen atoms in total. The van der Waals surface area contributed by atoms with Gasteiger partial charge in [0, 0.05) is 17.7 Å². The summed E-state index contributed by atoms with van der Waals surface area (Å²) in [6.07, 6.45) is 1.55. The van der Waals surface area contributed by atoms with Crippen LogP contribution in [0.2, 0.25) is 0 Å². The lowest BCUT2D eigenvalue weighted by molar-refractivity contribution is -0.384. The van der Waals surface area contributed by atoms with Gasteiger partial charge in [0.15, 0.2) is 0 Å². The fourth-order valence-corrected chi connectivity index (χ4v) is 2.32. The number of amides is 1. The Balaban J connectivity index is 1.58. The summed E-state index contributed by atoms with van der Waals surface area (Å²) in [5.74, 6) is 0.984. The minimum Gasteiger partial charge on any atom is -0.489 e. The van der Waals surface area contributed by atoms with Crippen LogP contribution in [-0.2, 0) is 13.2 Å². The van der Waals surface area contributed by atoms with Crippen LogP contribution in [0.1, 0.15) is 21.7 Å². The second kappa shape index (κ2) is 7.98. The molecule has 132 valence electrons. The standard InChI is InChI=1S/C19H16N2O5/c22-19(20-12-18-5-2-10-25-18)15-4-1-3-14(11-15)13-26-17-8-6-16(7-9-17)21(23)24/h1-11H,12-13H2,(H,20,22). The van der Waals surface area contributed by atoms with E-state index < -0.39 is 4.92 Å². The predicted octanol–water partition coefficient (Wildman–Crippen LogP) is 3.70. The fourth-order valence-electron chi connectivity index (χ4n) is 2.32. The average Bonchev–Trinajstić information content (AvgIpc) is 3.18. The molecule has 0 spiro atoms. The molecule has 0 saturated carbocycles. The van der Waals surface area contributed by atoms with E-state index in [2.05, 4.69) is 5.32 Å². The number of ether oxygens (including phenoxy) is 1. The number of hydrogen-bond acceptors (Lipinski definition) is 5. The molecule has 1 aromatic heterocycles. The third-order valence-corrected chi connectivity index (χ3v) is 3.65. The molecule has 3 aromatic rings. The third kappa shape index (κ3) is 4.47. The second-order valence-electron chi connectivity index (χ2n) is 5.50. The number of hydrogen-bond donors (Lipinski definition) is 1. The molecular formula is C19H16N2O5. The van der Waals surface area contributed by atoms with Crippen molar-refractivity contribution in [3.63, 3.8) is 0 Å². The van der Waals surface area contributed by atoms with Crippen LogP contribution in [0.4, 0.5) is 5.69 Å². The highest BCUT2D eigenvalue weighted by molar-refractivity contribution is 5.94. The minimum absolute atomic E-state index is 0.00701. The Hall–Kier alpha value is -3.61. The van der Waals surface area contributed by atoms with Crippen LogP contribution in [0.5, 0.6) is 5.75 Å². The number of nitrogens with zero attached hydrogens (tertiary/aromatic N) is 1. The van der Waals surface area contributed by atoms with E-state index in [-0.39, 0.29) is 18.2 Å². The van der Waals surface area contributed by atoms with Gasteiger partial charge in [0.2, 0.25) is 0 Å². The quantitative estimate of drug-likeness (QED) is 0.517. The molecule has 0 aliphatic heterocycles. The maximum atomic E-state index is 12.2. The van der Waals surface area contributed by atoms with Crippen molar-refractivity contribution in [2.24, 2.45) is 0 Å². The number of carbonyl (C=O) groups is 1. The average molecular weight is 352 g/mol. The summed E-state index contributed by atoms with van der Waals surface area (Å²) in [6, 6.07) is 16.5. The minimum atomic E-state index is -0.464. The largest absolute Gasteiger partial charge is 0.489 e. The van der Waals surface area contributed by atoms with Crippen molar-refractivity contribution in [3.8, 4) is 5.75 Å².